The Bertz CT molecular complexity index is 471. The number of amides is 2. The molecular formula is C11H13FN4O. The molecule has 0 heterocycles. The van der Waals surface area contributed by atoms with Gasteiger partial charge in [0.2, 0.25) is 0 Å². The molecule has 1 aliphatic rings. The van der Waals surface area contributed by atoms with Crippen LogP contribution in [0.3, 0.4) is 0 Å². The topological polar surface area (TPSA) is 91.0 Å². The summed E-state index contributed by atoms with van der Waals surface area (Å²) in [5, 5.41) is 12.5. The predicted molar refractivity (Wildman–Crippen MR) is 62.6 cm³/mol. The number of carbonyl (C=O) groups is 1. The molecule has 0 bridgehead atoms. The van der Waals surface area contributed by atoms with E-state index in [2.05, 4.69) is 10.6 Å². The molecule has 0 saturated heterocycles. The van der Waals surface area contributed by atoms with Crippen LogP contribution < -0.4 is 16.4 Å². The molecule has 0 aliphatic heterocycles. The first kappa shape index (κ1) is 11.4. The smallest absolute Gasteiger partial charge is 0.319 e. The van der Waals surface area contributed by atoms with Gasteiger partial charge in [-0.2, -0.15) is 0 Å². The molecule has 1 saturated carbocycles. The summed E-state index contributed by atoms with van der Waals surface area (Å²) < 4.78 is 13.4. The summed E-state index contributed by atoms with van der Waals surface area (Å²) in [5.74, 6) is -1.04. The molecule has 0 radical (unpaired) electrons. The van der Waals surface area contributed by atoms with Gasteiger partial charge in [-0.1, -0.05) is 6.07 Å². The Morgan fingerprint density at radius 3 is 2.76 bits per heavy atom. The zero-order chi connectivity index (χ0) is 12.4. The summed E-state index contributed by atoms with van der Waals surface area (Å²) in [6, 6.07) is 3.96. The summed E-state index contributed by atoms with van der Waals surface area (Å²) in [4.78, 5) is 11.5. The molecule has 2 rings (SSSR count). The highest BCUT2D eigenvalue weighted by molar-refractivity contribution is 6.04. The molecule has 17 heavy (non-hydrogen) atoms. The van der Waals surface area contributed by atoms with E-state index < -0.39 is 17.7 Å². The van der Waals surface area contributed by atoms with Crippen LogP contribution in [0.5, 0.6) is 0 Å². The summed E-state index contributed by atoms with van der Waals surface area (Å²) >= 11 is 0. The number of hydrogen-bond donors (Lipinski definition) is 4. The van der Waals surface area contributed by atoms with Gasteiger partial charge in [-0.3, -0.25) is 5.41 Å². The Labute approximate surface area is 97.7 Å². The summed E-state index contributed by atoms with van der Waals surface area (Å²) in [7, 11) is 0. The van der Waals surface area contributed by atoms with Gasteiger partial charge in [0.1, 0.15) is 11.7 Å². The third-order valence-corrected chi connectivity index (χ3v) is 2.44. The number of urea groups is 1. The number of hydrogen-bond acceptors (Lipinski definition) is 2. The van der Waals surface area contributed by atoms with Crippen molar-refractivity contribution in [1.29, 1.82) is 5.41 Å². The van der Waals surface area contributed by atoms with Crippen molar-refractivity contribution in [1.82, 2.24) is 5.32 Å². The van der Waals surface area contributed by atoms with Crippen molar-refractivity contribution in [2.45, 2.75) is 18.9 Å². The molecule has 1 aromatic carbocycles. The minimum absolute atomic E-state index is 0.0848. The monoisotopic (exact) mass is 236 g/mol. The Kier molecular flexibility index (Phi) is 2.95. The molecular weight excluding hydrogens is 223 g/mol. The highest BCUT2D eigenvalue weighted by atomic mass is 19.1. The number of nitrogen functional groups attached to an aromatic ring is 1. The van der Waals surface area contributed by atoms with E-state index in [1.807, 2.05) is 0 Å². The Balaban J connectivity index is 2.16. The van der Waals surface area contributed by atoms with Crippen LogP contribution in [0, 0.1) is 11.2 Å². The van der Waals surface area contributed by atoms with Crippen LogP contribution in [0.1, 0.15) is 18.4 Å². The first-order valence-corrected chi connectivity index (χ1v) is 5.28. The van der Waals surface area contributed by atoms with Crippen LogP contribution in [0.2, 0.25) is 0 Å². The van der Waals surface area contributed by atoms with Crippen molar-refractivity contribution in [3.8, 4) is 0 Å². The van der Waals surface area contributed by atoms with Crippen molar-refractivity contribution in [2.24, 2.45) is 5.73 Å². The Morgan fingerprint density at radius 2 is 2.18 bits per heavy atom. The fourth-order valence-electron chi connectivity index (χ4n) is 1.47. The van der Waals surface area contributed by atoms with Gasteiger partial charge in [0.25, 0.3) is 0 Å². The Morgan fingerprint density at radius 1 is 1.47 bits per heavy atom. The number of nitrogens with one attached hydrogen (secondary N) is 3. The van der Waals surface area contributed by atoms with Crippen LogP contribution in [0.4, 0.5) is 14.9 Å². The normalized spacial score (nSPS) is 14.2. The number of rotatable bonds is 3. The maximum Gasteiger partial charge on any atom is 0.319 e. The second-order valence-electron chi connectivity index (χ2n) is 3.95. The zero-order valence-corrected chi connectivity index (χ0v) is 9.09. The molecule has 5 N–H and O–H groups in total. The molecule has 0 unspecified atom stereocenters. The minimum atomic E-state index is -0.623. The SMILES string of the molecule is N=C(N)c1c(F)cccc1NC(=O)NC1CC1. The first-order chi connectivity index (χ1) is 8.08. The minimum Gasteiger partial charge on any atom is -0.384 e. The molecule has 1 fully saturated rings. The van der Waals surface area contributed by atoms with Crippen LogP contribution in [0.25, 0.3) is 0 Å². The van der Waals surface area contributed by atoms with Gasteiger partial charge in [-0.25, -0.2) is 9.18 Å². The van der Waals surface area contributed by atoms with Gasteiger partial charge in [0, 0.05) is 6.04 Å². The van der Waals surface area contributed by atoms with Crippen molar-refractivity contribution >= 4 is 17.6 Å². The molecule has 1 aromatic rings. The van der Waals surface area contributed by atoms with E-state index in [0.29, 0.717) is 0 Å². The van der Waals surface area contributed by atoms with Gasteiger partial charge in [0.15, 0.2) is 0 Å². The van der Waals surface area contributed by atoms with Crippen LogP contribution >= 0.6 is 0 Å². The zero-order valence-electron chi connectivity index (χ0n) is 9.09. The summed E-state index contributed by atoms with van der Waals surface area (Å²) in [6.07, 6.45) is 1.94. The second kappa shape index (κ2) is 4.40. The molecule has 0 aromatic heterocycles. The lowest BCUT2D eigenvalue weighted by molar-refractivity contribution is 0.251. The standard InChI is InChI=1S/C11H13FN4O/c12-7-2-1-3-8(9(7)10(13)14)16-11(17)15-6-4-5-6/h1-3,6H,4-5H2,(H3,13,14)(H2,15,16,17). The van der Waals surface area contributed by atoms with E-state index in [0.717, 1.165) is 12.8 Å². The lowest BCUT2D eigenvalue weighted by Gasteiger charge is -2.11. The molecule has 5 nitrogen and oxygen atoms in total. The van der Waals surface area contributed by atoms with Gasteiger partial charge < -0.3 is 16.4 Å². The molecule has 2 amide bonds. The van der Waals surface area contributed by atoms with Gasteiger partial charge in [-0.05, 0) is 25.0 Å². The second-order valence-corrected chi connectivity index (χ2v) is 3.95. The van der Waals surface area contributed by atoms with Crippen LogP contribution in [0.15, 0.2) is 18.2 Å². The molecule has 0 atom stereocenters. The highest BCUT2D eigenvalue weighted by Gasteiger charge is 2.23. The van der Waals surface area contributed by atoms with E-state index in [9.17, 15) is 9.18 Å². The van der Waals surface area contributed by atoms with Crippen molar-refractivity contribution in [3.05, 3.63) is 29.6 Å². The van der Waals surface area contributed by atoms with E-state index in [4.69, 9.17) is 11.1 Å². The maximum atomic E-state index is 13.4. The lowest BCUT2D eigenvalue weighted by Crippen LogP contribution is -2.31. The van der Waals surface area contributed by atoms with Crippen LogP contribution in [-0.2, 0) is 0 Å². The quantitative estimate of drug-likeness (QED) is 0.472. The lowest BCUT2D eigenvalue weighted by atomic mass is 10.1. The summed E-state index contributed by atoms with van der Waals surface area (Å²) in [6.45, 7) is 0. The first-order valence-electron chi connectivity index (χ1n) is 5.28. The maximum absolute atomic E-state index is 13.4. The van der Waals surface area contributed by atoms with Crippen molar-refractivity contribution in [3.63, 3.8) is 0 Å². The average Bonchev–Trinajstić information content (AvgIpc) is 3.00. The van der Waals surface area contributed by atoms with Gasteiger partial charge in [0.05, 0.1) is 11.3 Å². The largest absolute Gasteiger partial charge is 0.384 e. The Hall–Kier alpha value is -2.11. The van der Waals surface area contributed by atoms with Crippen molar-refractivity contribution < 1.29 is 9.18 Å². The van der Waals surface area contributed by atoms with E-state index >= 15 is 0 Å². The van der Waals surface area contributed by atoms with E-state index in [1.54, 1.807) is 0 Å². The molecule has 90 valence electrons. The number of benzene rings is 1. The van der Waals surface area contributed by atoms with Crippen LogP contribution in [-0.4, -0.2) is 17.9 Å². The third-order valence-electron chi connectivity index (χ3n) is 2.44. The summed E-state index contributed by atoms with van der Waals surface area (Å²) in [5.41, 5.74) is 5.40. The predicted octanol–water partition coefficient (Wildman–Crippen LogP) is 1.39. The van der Waals surface area contributed by atoms with E-state index in [-0.39, 0.29) is 17.3 Å². The average molecular weight is 236 g/mol. The number of anilines is 1. The molecule has 0 spiro atoms. The van der Waals surface area contributed by atoms with Gasteiger partial charge in [-0.15, -0.1) is 0 Å². The van der Waals surface area contributed by atoms with Gasteiger partial charge >= 0.3 is 6.03 Å². The third kappa shape index (κ3) is 2.72. The fraction of sp³-hybridized carbons (Fsp3) is 0.273. The van der Waals surface area contributed by atoms with E-state index in [1.165, 1.54) is 18.2 Å². The number of carbonyl (C=O) groups excluding carboxylic acids is 1. The molecule has 1 aliphatic carbocycles. The number of amidine groups is 1. The highest BCUT2D eigenvalue weighted by Crippen LogP contribution is 2.20. The van der Waals surface area contributed by atoms with Crippen molar-refractivity contribution in [2.75, 3.05) is 5.32 Å². The number of halogens is 1. The molecule has 6 heteroatoms. The fourth-order valence-corrected chi connectivity index (χ4v) is 1.47. The number of nitrogens with two attached hydrogens (primary N) is 1.